The second kappa shape index (κ2) is 6.02. The van der Waals surface area contributed by atoms with E-state index in [4.69, 9.17) is 18.9 Å². The first-order valence-corrected chi connectivity index (χ1v) is 6.34. The van der Waals surface area contributed by atoms with E-state index < -0.39 is 6.10 Å². The molecule has 19 heavy (non-hydrogen) atoms. The van der Waals surface area contributed by atoms with Crippen molar-refractivity contribution in [2.75, 3.05) is 21.3 Å². The van der Waals surface area contributed by atoms with Crippen LogP contribution in [0.15, 0.2) is 12.1 Å². The smallest absolute Gasteiger partial charge is 0.203 e. The van der Waals surface area contributed by atoms with E-state index in [9.17, 15) is 5.11 Å². The molecule has 0 unspecified atom stereocenters. The third-order valence-electron chi connectivity index (χ3n) is 3.34. The van der Waals surface area contributed by atoms with Gasteiger partial charge in [-0.3, -0.25) is 0 Å². The van der Waals surface area contributed by atoms with Crippen LogP contribution >= 0.6 is 0 Å². The molecule has 0 saturated heterocycles. The van der Waals surface area contributed by atoms with Gasteiger partial charge in [-0.2, -0.15) is 0 Å². The number of benzene rings is 1. The quantitative estimate of drug-likeness (QED) is 0.885. The van der Waals surface area contributed by atoms with E-state index in [0.29, 0.717) is 23.0 Å². The number of methoxy groups -OCH3 is 3. The standard InChI is InChI=1S/C14H20O5/c1-16-12-7-9(8-13(17-2)14(12)18-3)19-11-6-4-5-10(11)15/h7-8,10-11,15H,4-6H2,1-3H3/t10-,11-/m0/s1. The molecule has 2 atom stereocenters. The zero-order valence-electron chi connectivity index (χ0n) is 11.5. The first-order chi connectivity index (χ1) is 9.19. The average Bonchev–Trinajstić information content (AvgIpc) is 2.83. The Morgan fingerprint density at radius 2 is 1.63 bits per heavy atom. The molecule has 0 amide bonds. The van der Waals surface area contributed by atoms with Gasteiger partial charge in [0.15, 0.2) is 11.5 Å². The van der Waals surface area contributed by atoms with Crippen LogP contribution in [0.1, 0.15) is 19.3 Å². The molecule has 1 aliphatic rings. The highest BCUT2D eigenvalue weighted by Crippen LogP contribution is 2.41. The minimum atomic E-state index is -0.404. The topological polar surface area (TPSA) is 57.2 Å². The summed E-state index contributed by atoms with van der Waals surface area (Å²) in [4.78, 5) is 0. The Balaban J connectivity index is 2.25. The molecule has 1 aliphatic carbocycles. The fraction of sp³-hybridized carbons (Fsp3) is 0.571. The number of hydrogen-bond donors (Lipinski definition) is 1. The third-order valence-corrected chi connectivity index (χ3v) is 3.34. The summed E-state index contributed by atoms with van der Waals surface area (Å²) in [5.74, 6) is 2.23. The number of aliphatic hydroxyl groups is 1. The molecular formula is C14H20O5. The lowest BCUT2D eigenvalue weighted by atomic mass is 10.2. The van der Waals surface area contributed by atoms with Crippen LogP contribution in [-0.2, 0) is 0 Å². The maximum Gasteiger partial charge on any atom is 0.203 e. The van der Waals surface area contributed by atoms with Gasteiger partial charge >= 0.3 is 0 Å². The van der Waals surface area contributed by atoms with Crippen molar-refractivity contribution in [1.82, 2.24) is 0 Å². The van der Waals surface area contributed by atoms with Crippen LogP contribution in [0.4, 0.5) is 0 Å². The Labute approximate surface area is 113 Å². The monoisotopic (exact) mass is 268 g/mol. The van der Waals surface area contributed by atoms with Crippen LogP contribution in [0.2, 0.25) is 0 Å². The van der Waals surface area contributed by atoms with Crippen LogP contribution in [0.5, 0.6) is 23.0 Å². The van der Waals surface area contributed by atoms with Crippen molar-refractivity contribution in [2.45, 2.75) is 31.5 Å². The first kappa shape index (κ1) is 13.8. The molecule has 1 fully saturated rings. The van der Waals surface area contributed by atoms with E-state index in [1.54, 1.807) is 33.5 Å². The molecule has 5 heteroatoms. The van der Waals surface area contributed by atoms with Gasteiger partial charge in [-0.25, -0.2) is 0 Å². The number of rotatable bonds is 5. The maximum atomic E-state index is 9.79. The number of hydrogen-bond acceptors (Lipinski definition) is 5. The highest BCUT2D eigenvalue weighted by atomic mass is 16.5. The second-order valence-electron chi connectivity index (χ2n) is 4.52. The Kier molecular flexibility index (Phi) is 4.37. The van der Waals surface area contributed by atoms with E-state index in [1.807, 2.05) is 0 Å². The SMILES string of the molecule is COc1cc(O[C@H]2CCC[C@@H]2O)cc(OC)c1OC. The summed E-state index contributed by atoms with van der Waals surface area (Å²) in [6.45, 7) is 0. The molecular weight excluding hydrogens is 248 g/mol. The zero-order valence-corrected chi connectivity index (χ0v) is 11.5. The van der Waals surface area contributed by atoms with Gasteiger partial charge in [0.25, 0.3) is 0 Å². The molecule has 106 valence electrons. The average molecular weight is 268 g/mol. The van der Waals surface area contributed by atoms with Gasteiger partial charge in [0, 0.05) is 12.1 Å². The molecule has 5 nitrogen and oxygen atoms in total. The molecule has 0 bridgehead atoms. The van der Waals surface area contributed by atoms with E-state index in [-0.39, 0.29) is 6.10 Å². The normalized spacial score (nSPS) is 22.1. The lowest BCUT2D eigenvalue weighted by Gasteiger charge is -2.19. The van der Waals surface area contributed by atoms with Crippen molar-refractivity contribution in [3.05, 3.63) is 12.1 Å². The van der Waals surface area contributed by atoms with Crippen molar-refractivity contribution >= 4 is 0 Å². The van der Waals surface area contributed by atoms with Crippen molar-refractivity contribution in [3.63, 3.8) is 0 Å². The zero-order chi connectivity index (χ0) is 13.8. The molecule has 0 radical (unpaired) electrons. The van der Waals surface area contributed by atoms with E-state index >= 15 is 0 Å². The van der Waals surface area contributed by atoms with Crippen LogP contribution in [-0.4, -0.2) is 38.6 Å². The molecule has 1 saturated carbocycles. The van der Waals surface area contributed by atoms with E-state index in [0.717, 1.165) is 19.3 Å². The fourth-order valence-electron chi connectivity index (χ4n) is 2.34. The summed E-state index contributed by atoms with van der Waals surface area (Å²) < 4.78 is 21.6. The minimum absolute atomic E-state index is 0.164. The molecule has 0 aliphatic heterocycles. The third kappa shape index (κ3) is 2.87. The summed E-state index contributed by atoms with van der Waals surface area (Å²) >= 11 is 0. The highest BCUT2D eigenvalue weighted by molar-refractivity contribution is 5.55. The molecule has 1 aromatic carbocycles. The first-order valence-electron chi connectivity index (χ1n) is 6.34. The van der Waals surface area contributed by atoms with Crippen LogP contribution in [0, 0.1) is 0 Å². The van der Waals surface area contributed by atoms with Gasteiger partial charge in [-0.15, -0.1) is 0 Å². The van der Waals surface area contributed by atoms with E-state index in [2.05, 4.69) is 0 Å². The van der Waals surface area contributed by atoms with Crippen molar-refractivity contribution in [1.29, 1.82) is 0 Å². The Morgan fingerprint density at radius 3 is 2.05 bits per heavy atom. The van der Waals surface area contributed by atoms with Gasteiger partial charge in [0.05, 0.1) is 27.4 Å². The molecule has 0 heterocycles. The number of ether oxygens (including phenoxy) is 4. The summed E-state index contributed by atoms with van der Waals surface area (Å²) in [5.41, 5.74) is 0. The number of aliphatic hydroxyl groups excluding tert-OH is 1. The Morgan fingerprint density at radius 1 is 1.00 bits per heavy atom. The fourth-order valence-corrected chi connectivity index (χ4v) is 2.34. The van der Waals surface area contributed by atoms with Gasteiger partial charge < -0.3 is 24.1 Å². The van der Waals surface area contributed by atoms with Crippen LogP contribution in [0.3, 0.4) is 0 Å². The molecule has 1 aromatic rings. The summed E-state index contributed by atoms with van der Waals surface area (Å²) in [5, 5.41) is 9.79. The minimum Gasteiger partial charge on any atom is -0.493 e. The van der Waals surface area contributed by atoms with Crippen LogP contribution in [0.25, 0.3) is 0 Å². The van der Waals surface area contributed by atoms with Crippen molar-refractivity contribution in [2.24, 2.45) is 0 Å². The maximum absolute atomic E-state index is 9.79. The Bertz CT molecular complexity index is 407. The lowest BCUT2D eigenvalue weighted by molar-refractivity contribution is 0.0600. The highest BCUT2D eigenvalue weighted by Gasteiger charge is 2.27. The van der Waals surface area contributed by atoms with Crippen molar-refractivity contribution < 1.29 is 24.1 Å². The molecule has 2 rings (SSSR count). The predicted molar refractivity (Wildman–Crippen MR) is 70.4 cm³/mol. The van der Waals surface area contributed by atoms with Gasteiger partial charge in [-0.1, -0.05) is 0 Å². The van der Waals surface area contributed by atoms with Crippen molar-refractivity contribution in [3.8, 4) is 23.0 Å². The molecule has 1 N–H and O–H groups in total. The molecule has 0 spiro atoms. The summed E-state index contributed by atoms with van der Waals surface area (Å²) in [6, 6.07) is 3.48. The van der Waals surface area contributed by atoms with Gasteiger partial charge in [0.2, 0.25) is 5.75 Å². The largest absolute Gasteiger partial charge is 0.493 e. The van der Waals surface area contributed by atoms with Gasteiger partial charge in [-0.05, 0) is 19.3 Å². The van der Waals surface area contributed by atoms with E-state index in [1.165, 1.54) is 0 Å². The Hall–Kier alpha value is -1.62. The second-order valence-corrected chi connectivity index (χ2v) is 4.52. The van der Waals surface area contributed by atoms with Gasteiger partial charge in [0.1, 0.15) is 11.9 Å². The predicted octanol–water partition coefficient (Wildman–Crippen LogP) is 2.00. The molecule has 0 aromatic heterocycles. The lowest BCUT2D eigenvalue weighted by Crippen LogP contribution is -2.25. The summed E-state index contributed by atoms with van der Waals surface area (Å²) in [6.07, 6.45) is 2.06. The summed E-state index contributed by atoms with van der Waals surface area (Å²) in [7, 11) is 4.68. The van der Waals surface area contributed by atoms with Crippen LogP contribution < -0.4 is 18.9 Å².